The summed E-state index contributed by atoms with van der Waals surface area (Å²) in [5.74, 6) is -0.850. The van der Waals surface area contributed by atoms with Gasteiger partial charge < -0.3 is 10.5 Å². The summed E-state index contributed by atoms with van der Waals surface area (Å²) in [7, 11) is 1.38. The van der Waals surface area contributed by atoms with Crippen LogP contribution in [0.25, 0.3) is 0 Å². The van der Waals surface area contributed by atoms with Crippen LogP contribution in [0.15, 0.2) is 12.1 Å². The number of halogens is 3. The highest BCUT2D eigenvalue weighted by Gasteiger charge is 2.28. The van der Waals surface area contributed by atoms with Crippen LogP contribution >= 0.6 is 12.4 Å². The van der Waals surface area contributed by atoms with Crippen molar-refractivity contribution in [2.45, 2.75) is 31.7 Å². The average Bonchev–Trinajstić information content (AvgIpc) is 2.81. The molecule has 1 aromatic carbocycles. The Hall–Kier alpha value is -0.870. The lowest BCUT2D eigenvalue weighted by atomic mass is 9.91. The maximum Gasteiger partial charge on any atom is 0.134 e. The van der Waals surface area contributed by atoms with Gasteiger partial charge in [0, 0.05) is 23.7 Å². The Labute approximate surface area is 112 Å². The first-order valence-corrected chi connectivity index (χ1v) is 5.92. The van der Waals surface area contributed by atoms with Crippen LogP contribution in [-0.2, 0) is 0 Å². The smallest absolute Gasteiger partial charge is 0.134 e. The van der Waals surface area contributed by atoms with Crippen molar-refractivity contribution >= 4 is 12.4 Å². The van der Waals surface area contributed by atoms with Gasteiger partial charge in [-0.1, -0.05) is 12.8 Å². The summed E-state index contributed by atoms with van der Waals surface area (Å²) in [6, 6.07) is 1.82. The van der Waals surface area contributed by atoms with Gasteiger partial charge in [-0.05, 0) is 18.8 Å². The fourth-order valence-electron chi connectivity index (χ4n) is 2.55. The van der Waals surface area contributed by atoms with Crippen molar-refractivity contribution < 1.29 is 13.5 Å². The highest BCUT2D eigenvalue weighted by Crippen LogP contribution is 2.36. The van der Waals surface area contributed by atoms with Gasteiger partial charge in [-0.2, -0.15) is 0 Å². The molecule has 1 atom stereocenters. The van der Waals surface area contributed by atoms with Gasteiger partial charge in [0.05, 0.1) is 7.11 Å². The summed E-state index contributed by atoms with van der Waals surface area (Å²) in [6.07, 6.45) is 4.09. The Morgan fingerprint density at radius 3 is 2.17 bits per heavy atom. The Balaban J connectivity index is 0.00000162. The summed E-state index contributed by atoms with van der Waals surface area (Å²) in [5, 5.41) is 0. The molecule has 0 aromatic heterocycles. The second kappa shape index (κ2) is 6.34. The van der Waals surface area contributed by atoms with E-state index in [0.29, 0.717) is 0 Å². The minimum absolute atomic E-state index is 0. The van der Waals surface area contributed by atoms with Gasteiger partial charge in [0.2, 0.25) is 0 Å². The topological polar surface area (TPSA) is 35.2 Å². The third-order valence-corrected chi connectivity index (χ3v) is 3.53. The first kappa shape index (κ1) is 15.2. The average molecular weight is 278 g/mol. The zero-order chi connectivity index (χ0) is 12.4. The third-order valence-electron chi connectivity index (χ3n) is 3.53. The zero-order valence-corrected chi connectivity index (χ0v) is 11.1. The minimum atomic E-state index is -0.610. The summed E-state index contributed by atoms with van der Waals surface area (Å²) in [5.41, 5.74) is 5.97. The summed E-state index contributed by atoms with van der Waals surface area (Å²) >= 11 is 0. The van der Waals surface area contributed by atoms with Crippen molar-refractivity contribution in [2.24, 2.45) is 11.7 Å². The predicted octanol–water partition coefficient (Wildman–Crippen LogP) is 3.59. The summed E-state index contributed by atoms with van der Waals surface area (Å²) < 4.78 is 32.4. The molecule has 2 N–H and O–H groups in total. The minimum Gasteiger partial charge on any atom is -0.497 e. The predicted molar refractivity (Wildman–Crippen MR) is 69.0 cm³/mol. The van der Waals surface area contributed by atoms with Crippen molar-refractivity contribution in [1.29, 1.82) is 0 Å². The SMILES string of the molecule is COc1cc(F)c([C@H](N)C2CCCC2)c(F)c1.Cl. The molecule has 1 fully saturated rings. The lowest BCUT2D eigenvalue weighted by Crippen LogP contribution is -2.22. The van der Waals surface area contributed by atoms with E-state index >= 15 is 0 Å². The Morgan fingerprint density at radius 1 is 1.22 bits per heavy atom. The largest absolute Gasteiger partial charge is 0.497 e. The number of ether oxygens (including phenoxy) is 1. The Bertz CT molecular complexity index is 385. The molecule has 0 radical (unpaired) electrons. The van der Waals surface area contributed by atoms with E-state index in [1.165, 1.54) is 19.2 Å². The molecule has 0 saturated heterocycles. The van der Waals surface area contributed by atoms with E-state index in [1.807, 2.05) is 0 Å². The van der Waals surface area contributed by atoms with E-state index < -0.39 is 17.7 Å². The quantitative estimate of drug-likeness (QED) is 0.916. The van der Waals surface area contributed by atoms with Crippen LogP contribution in [0.4, 0.5) is 8.78 Å². The van der Waals surface area contributed by atoms with Crippen LogP contribution in [0.1, 0.15) is 37.3 Å². The molecule has 102 valence electrons. The molecule has 18 heavy (non-hydrogen) atoms. The molecule has 0 unspecified atom stereocenters. The van der Waals surface area contributed by atoms with E-state index in [4.69, 9.17) is 10.5 Å². The molecule has 2 nitrogen and oxygen atoms in total. The van der Waals surface area contributed by atoms with Gasteiger partial charge in [-0.3, -0.25) is 0 Å². The Kier molecular flexibility index (Phi) is 5.35. The summed E-state index contributed by atoms with van der Waals surface area (Å²) in [4.78, 5) is 0. The van der Waals surface area contributed by atoms with E-state index in [1.54, 1.807) is 0 Å². The van der Waals surface area contributed by atoms with Crippen LogP contribution in [0.5, 0.6) is 5.75 Å². The normalized spacial score (nSPS) is 17.3. The second-order valence-electron chi connectivity index (χ2n) is 4.58. The molecular formula is C13H18ClF2NO. The van der Waals surface area contributed by atoms with Gasteiger partial charge in [0.15, 0.2) is 0 Å². The molecule has 1 aliphatic rings. The molecule has 1 aliphatic carbocycles. The van der Waals surface area contributed by atoms with Gasteiger partial charge in [0.1, 0.15) is 17.4 Å². The standard InChI is InChI=1S/C13H17F2NO.ClH/c1-17-9-6-10(14)12(11(15)7-9)13(16)8-4-2-3-5-8;/h6-8,13H,2-5,16H2,1H3;1H/t13-;/m1./s1. The van der Waals surface area contributed by atoms with Crippen molar-refractivity contribution in [3.8, 4) is 5.75 Å². The van der Waals surface area contributed by atoms with Crippen molar-refractivity contribution in [3.05, 3.63) is 29.3 Å². The lowest BCUT2D eigenvalue weighted by molar-refractivity contribution is 0.389. The molecule has 0 spiro atoms. The van der Waals surface area contributed by atoms with Gasteiger partial charge in [-0.15, -0.1) is 12.4 Å². The monoisotopic (exact) mass is 277 g/mol. The molecule has 0 amide bonds. The maximum atomic E-state index is 13.8. The zero-order valence-electron chi connectivity index (χ0n) is 10.3. The van der Waals surface area contributed by atoms with Crippen molar-refractivity contribution in [1.82, 2.24) is 0 Å². The van der Waals surface area contributed by atoms with Gasteiger partial charge >= 0.3 is 0 Å². The van der Waals surface area contributed by atoms with E-state index in [9.17, 15) is 8.78 Å². The third kappa shape index (κ3) is 2.93. The fraction of sp³-hybridized carbons (Fsp3) is 0.538. The highest BCUT2D eigenvalue weighted by atomic mass is 35.5. The van der Waals surface area contributed by atoms with Crippen LogP contribution in [0.3, 0.4) is 0 Å². The first-order chi connectivity index (χ1) is 8.13. The van der Waals surface area contributed by atoms with E-state index in [-0.39, 0.29) is 29.6 Å². The second-order valence-corrected chi connectivity index (χ2v) is 4.58. The number of hydrogen-bond donors (Lipinski definition) is 1. The number of hydrogen-bond acceptors (Lipinski definition) is 2. The number of rotatable bonds is 3. The number of benzene rings is 1. The van der Waals surface area contributed by atoms with Gasteiger partial charge in [0.25, 0.3) is 0 Å². The highest BCUT2D eigenvalue weighted by molar-refractivity contribution is 5.85. The number of methoxy groups -OCH3 is 1. The molecular weight excluding hydrogens is 260 g/mol. The molecule has 0 aliphatic heterocycles. The van der Waals surface area contributed by atoms with Crippen LogP contribution < -0.4 is 10.5 Å². The Morgan fingerprint density at radius 2 is 1.72 bits per heavy atom. The lowest BCUT2D eigenvalue weighted by Gasteiger charge is -2.20. The molecule has 1 saturated carbocycles. The van der Waals surface area contributed by atoms with E-state index in [0.717, 1.165) is 25.7 Å². The molecule has 2 rings (SSSR count). The molecule has 0 bridgehead atoms. The first-order valence-electron chi connectivity index (χ1n) is 5.92. The maximum absolute atomic E-state index is 13.8. The van der Waals surface area contributed by atoms with Crippen LogP contribution in [-0.4, -0.2) is 7.11 Å². The van der Waals surface area contributed by atoms with E-state index in [2.05, 4.69) is 0 Å². The number of nitrogens with two attached hydrogens (primary N) is 1. The van der Waals surface area contributed by atoms with Gasteiger partial charge in [-0.25, -0.2) is 8.78 Å². The summed E-state index contributed by atoms with van der Waals surface area (Å²) in [6.45, 7) is 0. The van der Waals surface area contributed by atoms with Crippen LogP contribution in [0.2, 0.25) is 0 Å². The molecule has 1 aromatic rings. The van der Waals surface area contributed by atoms with Crippen molar-refractivity contribution in [3.63, 3.8) is 0 Å². The molecule has 0 heterocycles. The van der Waals surface area contributed by atoms with Crippen molar-refractivity contribution in [2.75, 3.05) is 7.11 Å². The fourth-order valence-corrected chi connectivity index (χ4v) is 2.55. The van der Waals surface area contributed by atoms with Crippen LogP contribution in [0, 0.1) is 17.6 Å². The molecule has 5 heteroatoms.